The van der Waals surface area contributed by atoms with Crippen LogP contribution in [-0.2, 0) is 9.59 Å². The molecule has 1 aliphatic rings. The van der Waals surface area contributed by atoms with E-state index in [2.05, 4.69) is 0 Å². The normalized spacial score (nSPS) is 16.4. The maximum absolute atomic E-state index is 13.9. The molecule has 1 atom stereocenters. The first kappa shape index (κ1) is 21.6. The Morgan fingerprint density at radius 3 is 2.25 bits per heavy atom. The van der Waals surface area contributed by atoms with E-state index in [-0.39, 0.29) is 18.4 Å². The number of carbonyl (C=O) groups excluding carboxylic acids is 2. The van der Waals surface area contributed by atoms with E-state index < -0.39 is 6.04 Å². The number of rotatable bonds is 5. The van der Waals surface area contributed by atoms with Crippen molar-refractivity contribution in [3.63, 3.8) is 0 Å². The van der Waals surface area contributed by atoms with Crippen molar-refractivity contribution in [2.24, 2.45) is 0 Å². The number of anilines is 2. The first-order chi connectivity index (χ1) is 15.4. The molecule has 32 heavy (non-hydrogen) atoms. The minimum atomic E-state index is -0.741. The molecule has 1 saturated heterocycles. The van der Waals surface area contributed by atoms with Crippen molar-refractivity contribution in [1.29, 1.82) is 0 Å². The van der Waals surface area contributed by atoms with E-state index in [1.807, 2.05) is 94.4 Å². The van der Waals surface area contributed by atoms with Gasteiger partial charge in [0.25, 0.3) is 5.91 Å². The summed E-state index contributed by atoms with van der Waals surface area (Å²) in [6, 6.07) is 20.3. The van der Waals surface area contributed by atoms with Gasteiger partial charge in [0.15, 0.2) is 0 Å². The molecule has 0 aromatic heterocycles. The topological polar surface area (TPSA) is 49.9 Å². The van der Waals surface area contributed by atoms with Crippen molar-refractivity contribution >= 4 is 23.2 Å². The van der Waals surface area contributed by atoms with Crippen LogP contribution in [0.15, 0.2) is 66.7 Å². The highest BCUT2D eigenvalue weighted by Gasteiger charge is 2.42. The number of piperazine rings is 1. The van der Waals surface area contributed by atoms with Crippen LogP contribution in [0, 0.1) is 20.8 Å². The summed E-state index contributed by atoms with van der Waals surface area (Å²) in [5, 5.41) is 0. The number of hydrogen-bond donors (Lipinski definition) is 0. The summed E-state index contributed by atoms with van der Waals surface area (Å²) in [6.45, 7) is 8.50. The van der Waals surface area contributed by atoms with Gasteiger partial charge in [0.05, 0.1) is 6.61 Å². The molecule has 164 valence electrons. The van der Waals surface area contributed by atoms with Crippen LogP contribution in [0.4, 0.5) is 11.4 Å². The Morgan fingerprint density at radius 2 is 1.59 bits per heavy atom. The van der Waals surface area contributed by atoms with Gasteiger partial charge in [-0.25, -0.2) is 0 Å². The van der Waals surface area contributed by atoms with Gasteiger partial charge < -0.3 is 9.64 Å². The first-order valence-electron chi connectivity index (χ1n) is 10.9. The highest BCUT2D eigenvalue weighted by Crippen LogP contribution is 2.36. The molecular weight excluding hydrogens is 400 g/mol. The monoisotopic (exact) mass is 428 g/mol. The Morgan fingerprint density at radius 1 is 0.906 bits per heavy atom. The molecule has 1 fully saturated rings. The highest BCUT2D eigenvalue weighted by molar-refractivity contribution is 6.14. The van der Waals surface area contributed by atoms with Crippen LogP contribution in [0.3, 0.4) is 0 Å². The molecule has 5 heteroatoms. The molecule has 5 nitrogen and oxygen atoms in total. The van der Waals surface area contributed by atoms with Gasteiger partial charge in [0.2, 0.25) is 5.91 Å². The first-order valence-corrected chi connectivity index (χ1v) is 10.9. The highest BCUT2D eigenvalue weighted by atomic mass is 16.5. The van der Waals surface area contributed by atoms with Crippen LogP contribution in [0.2, 0.25) is 0 Å². The lowest BCUT2D eigenvalue weighted by Gasteiger charge is -2.41. The van der Waals surface area contributed by atoms with Gasteiger partial charge >= 0.3 is 0 Å². The van der Waals surface area contributed by atoms with Crippen LogP contribution >= 0.6 is 0 Å². The average Bonchev–Trinajstić information content (AvgIpc) is 2.78. The lowest BCUT2D eigenvalue weighted by molar-refractivity contribution is -0.128. The molecule has 3 aromatic rings. The zero-order valence-corrected chi connectivity index (χ0v) is 19.0. The molecule has 0 radical (unpaired) electrons. The number of benzene rings is 3. The Balaban J connectivity index is 1.80. The molecule has 1 aliphatic heterocycles. The minimum Gasteiger partial charge on any atom is -0.494 e. The SMILES string of the molecule is CCOc1ccc(N2C(=O)CN(c3cccc(C)c3C)C(=O)[C@@H]2c2ccc(C)cc2)cc1. The second-order valence-corrected chi connectivity index (χ2v) is 8.15. The van der Waals surface area contributed by atoms with Crippen LogP contribution in [-0.4, -0.2) is 25.0 Å². The van der Waals surface area contributed by atoms with E-state index in [1.54, 1.807) is 9.80 Å². The van der Waals surface area contributed by atoms with Crippen LogP contribution < -0.4 is 14.5 Å². The fourth-order valence-corrected chi connectivity index (χ4v) is 4.13. The maximum atomic E-state index is 13.9. The van der Waals surface area contributed by atoms with E-state index >= 15 is 0 Å². The van der Waals surface area contributed by atoms with E-state index in [1.165, 1.54) is 0 Å². The molecule has 0 saturated carbocycles. The second-order valence-electron chi connectivity index (χ2n) is 8.15. The number of carbonyl (C=O) groups is 2. The van der Waals surface area contributed by atoms with E-state index in [0.29, 0.717) is 12.3 Å². The zero-order valence-electron chi connectivity index (χ0n) is 19.0. The summed E-state index contributed by atoms with van der Waals surface area (Å²) in [4.78, 5) is 30.6. The summed E-state index contributed by atoms with van der Waals surface area (Å²) in [5.41, 5.74) is 5.44. The molecular formula is C27H28N2O3. The summed E-state index contributed by atoms with van der Waals surface area (Å²) in [6.07, 6.45) is 0. The Labute approximate surface area is 189 Å². The number of nitrogens with zero attached hydrogens (tertiary/aromatic N) is 2. The van der Waals surface area contributed by atoms with Gasteiger partial charge in [-0.05, 0) is 74.7 Å². The summed E-state index contributed by atoms with van der Waals surface area (Å²) in [5.74, 6) is 0.493. The van der Waals surface area contributed by atoms with Crippen molar-refractivity contribution in [1.82, 2.24) is 0 Å². The summed E-state index contributed by atoms with van der Waals surface area (Å²) >= 11 is 0. The van der Waals surface area contributed by atoms with Gasteiger partial charge in [-0.15, -0.1) is 0 Å². The summed E-state index contributed by atoms with van der Waals surface area (Å²) < 4.78 is 5.54. The standard InChI is InChI=1S/C27H28N2O3/c1-5-32-23-15-13-22(14-16-23)29-25(30)17-28(24-8-6-7-19(3)20(24)4)27(31)26(29)21-11-9-18(2)10-12-21/h6-16,26H,5,17H2,1-4H3/t26-/m0/s1. The quantitative estimate of drug-likeness (QED) is 0.566. The fraction of sp³-hybridized carbons (Fsp3) is 0.259. The molecule has 4 rings (SSSR count). The van der Waals surface area contributed by atoms with Crippen molar-refractivity contribution in [3.8, 4) is 5.75 Å². The van der Waals surface area contributed by atoms with Crippen molar-refractivity contribution in [2.45, 2.75) is 33.7 Å². The second kappa shape index (κ2) is 8.87. The molecule has 3 aromatic carbocycles. The van der Waals surface area contributed by atoms with Crippen LogP contribution in [0.1, 0.15) is 35.2 Å². The van der Waals surface area contributed by atoms with Gasteiger partial charge in [0, 0.05) is 11.4 Å². The van der Waals surface area contributed by atoms with Gasteiger partial charge in [-0.1, -0.05) is 42.0 Å². The number of hydrogen-bond acceptors (Lipinski definition) is 3. The van der Waals surface area contributed by atoms with Gasteiger partial charge in [-0.3, -0.25) is 14.5 Å². The number of ether oxygens (including phenoxy) is 1. The third-order valence-electron chi connectivity index (χ3n) is 6.01. The zero-order chi connectivity index (χ0) is 22.8. The predicted octanol–water partition coefficient (Wildman–Crippen LogP) is 5.13. The molecule has 0 N–H and O–H groups in total. The van der Waals surface area contributed by atoms with Crippen LogP contribution in [0.5, 0.6) is 5.75 Å². The fourth-order valence-electron chi connectivity index (χ4n) is 4.13. The molecule has 0 bridgehead atoms. The predicted molar refractivity (Wildman–Crippen MR) is 127 cm³/mol. The lowest BCUT2D eigenvalue weighted by Crippen LogP contribution is -2.56. The third-order valence-corrected chi connectivity index (χ3v) is 6.01. The van der Waals surface area contributed by atoms with E-state index in [9.17, 15) is 9.59 Å². The van der Waals surface area contributed by atoms with Crippen LogP contribution in [0.25, 0.3) is 0 Å². The lowest BCUT2D eigenvalue weighted by atomic mass is 9.97. The van der Waals surface area contributed by atoms with Crippen molar-refractivity contribution in [2.75, 3.05) is 23.0 Å². The van der Waals surface area contributed by atoms with Crippen molar-refractivity contribution < 1.29 is 14.3 Å². The van der Waals surface area contributed by atoms with Crippen molar-refractivity contribution in [3.05, 3.63) is 89.0 Å². The largest absolute Gasteiger partial charge is 0.494 e. The minimum absolute atomic E-state index is 0.00129. The van der Waals surface area contributed by atoms with Gasteiger partial charge in [-0.2, -0.15) is 0 Å². The maximum Gasteiger partial charge on any atom is 0.255 e. The molecule has 0 spiro atoms. The average molecular weight is 429 g/mol. The molecule has 0 aliphatic carbocycles. The third kappa shape index (κ3) is 3.98. The smallest absolute Gasteiger partial charge is 0.255 e. The number of amides is 2. The Hall–Kier alpha value is -3.60. The van der Waals surface area contributed by atoms with E-state index in [0.717, 1.165) is 33.7 Å². The number of aryl methyl sites for hydroxylation is 2. The van der Waals surface area contributed by atoms with E-state index in [4.69, 9.17) is 4.74 Å². The molecule has 1 heterocycles. The Bertz CT molecular complexity index is 1140. The Kier molecular flexibility index (Phi) is 5.99. The molecule has 2 amide bonds. The summed E-state index contributed by atoms with van der Waals surface area (Å²) in [7, 11) is 0. The van der Waals surface area contributed by atoms with Gasteiger partial charge in [0.1, 0.15) is 18.3 Å². The molecule has 0 unspecified atom stereocenters.